The van der Waals surface area contributed by atoms with Gasteiger partial charge in [0.2, 0.25) is 0 Å². The molecule has 1 rings (SSSR count). The summed E-state index contributed by atoms with van der Waals surface area (Å²) in [5.74, 6) is 0. The highest BCUT2D eigenvalue weighted by molar-refractivity contribution is 5.10. The van der Waals surface area contributed by atoms with Crippen LogP contribution in [-0.4, -0.2) is 31.7 Å². The molecule has 3 heteroatoms. The van der Waals surface area contributed by atoms with Crippen LogP contribution in [0.3, 0.4) is 0 Å². The van der Waals surface area contributed by atoms with E-state index >= 15 is 0 Å². The van der Waals surface area contributed by atoms with E-state index in [9.17, 15) is 5.11 Å². The molecule has 82 valence electrons. The lowest BCUT2D eigenvalue weighted by atomic mass is 10.0. The SMILES string of the molecule is COC(OC)C(O)C1=CCCCCC1. The zero-order valence-corrected chi connectivity index (χ0v) is 9.03. The van der Waals surface area contributed by atoms with Gasteiger partial charge >= 0.3 is 0 Å². The van der Waals surface area contributed by atoms with Crippen molar-refractivity contribution in [3.63, 3.8) is 0 Å². The summed E-state index contributed by atoms with van der Waals surface area (Å²) in [4.78, 5) is 0. The second kappa shape index (κ2) is 6.17. The average Bonchev–Trinajstić information content (AvgIpc) is 2.47. The minimum atomic E-state index is -0.608. The highest BCUT2D eigenvalue weighted by atomic mass is 16.7. The third-order valence-corrected chi connectivity index (χ3v) is 2.68. The number of aliphatic hydroxyl groups excluding tert-OH is 1. The third kappa shape index (κ3) is 3.08. The van der Waals surface area contributed by atoms with Gasteiger partial charge in [0, 0.05) is 14.2 Å². The van der Waals surface area contributed by atoms with Crippen LogP contribution in [-0.2, 0) is 9.47 Å². The molecule has 1 unspecified atom stereocenters. The van der Waals surface area contributed by atoms with Crippen LogP contribution in [0.5, 0.6) is 0 Å². The molecule has 14 heavy (non-hydrogen) atoms. The molecule has 0 heterocycles. The first kappa shape index (κ1) is 11.7. The van der Waals surface area contributed by atoms with Crippen LogP contribution in [0.2, 0.25) is 0 Å². The van der Waals surface area contributed by atoms with Gasteiger partial charge in [0.05, 0.1) is 0 Å². The van der Waals surface area contributed by atoms with Gasteiger partial charge in [-0.2, -0.15) is 0 Å². The molecule has 1 atom stereocenters. The van der Waals surface area contributed by atoms with E-state index in [0.717, 1.165) is 24.8 Å². The van der Waals surface area contributed by atoms with Crippen LogP contribution in [0.25, 0.3) is 0 Å². The monoisotopic (exact) mass is 200 g/mol. The van der Waals surface area contributed by atoms with Crippen LogP contribution in [0.4, 0.5) is 0 Å². The predicted octanol–water partition coefficient (Wildman–Crippen LogP) is 1.86. The maximum atomic E-state index is 9.94. The molecule has 1 N–H and O–H groups in total. The Hall–Kier alpha value is -0.380. The number of rotatable bonds is 4. The molecule has 0 aliphatic heterocycles. The third-order valence-electron chi connectivity index (χ3n) is 2.68. The van der Waals surface area contributed by atoms with Crippen molar-refractivity contribution in [2.45, 2.75) is 44.5 Å². The van der Waals surface area contributed by atoms with Crippen molar-refractivity contribution in [2.24, 2.45) is 0 Å². The fourth-order valence-corrected chi connectivity index (χ4v) is 1.84. The summed E-state index contributed by atoms with van der Waals surface area (Å²) in [5, 5.41) is 9.94. The first-order valence-electron chi connectivity index (χ1n) is 5.22. The summed E-state index contributed by atoms with van der Waals surface area (Å²) in [5.41, 5.74) is 1.07. The fraction of sp³-hybridized carbons (Fsp3) is 0.818. The molecule has 3 nitrogen and oxygen atoms in total. The lowest BCUT2D eigenvalue weighted by molar-refractivity contribution is -0.153. The smallest absolute Gasteiger partial charge is 0.186 e. The van der Waals surface area contributed by atoms with Gasteiger partial charge in [-0.1, -0.05) is 12.5 Å². The Bertz CT molecular complexity index is 185. The molecule has 0 saturated heterocycles. The van der Waals surface area contributed by atoms with Gasteiger partial charge in [-0.25, -0.2) is 0 Å². The highest BCUT2D eigenvalue weighted by Crippen LogP contribution is 2.22. The first-order chi connectivity index (χ1) is 6.79. The van der Waals surface area contributed by atoms with Crippen molar-refractivity contribution in [1.29, 1.82) is 0 Å². The van der Waals surface area contributed by atoms with Crippen LogP contribution < -0.4 is 0 Å². The molecule has 0 fully saturated rings. The molecule has 0 bridgehead atoms. The number of methoxy groups -OCH3 is 2. The van der Waals surface area contributed by atoms with Crippen LogP contribution in [0, 0.1) is 0 Å². The molecule has 0 saturated carbocycles. The van der Waals surface area contributed by atoms with Gasteiger partial charge in [0.1, 0.15) is 6.10 Å². The van der Waals surface area contributed by atoms with E-state index in [0.29, 0.717) is 0 Å². The molecule has 1 aliphatic rings. The number of aliphatic hydroxyl groups is 1. The van der Waals surface area contributed by atoms with Crippen molar-refractivity contribution >= 4 is 0 Å². The molecule has 0 radical (unpaired) electrons. The zero-order chi connectivity index (χ0) is 10.4. The van der Waals surface area contributed by atoms with E-state index in [-0.39, 0.29) is 0 Å². The van der Waals surface area contributed by atoms with Crippen LogP contribution >= 0.6 is 0 Å². The summed E-state index contributed by atoms with van der Waals surface area (Å²) in [6.45, 7) is 0. The van der Waals surface area contributed by atoms with Crippen molar-refractivity contribution in [1.82, 2.24) is 0 Å². The van der Waals surface area contributed by atoms with E-state index in [1.54, 1.807) is 14.2 Å². The quantitative estimate of drug-likeness (QED) is 0.556. The molecule has 1 aliphatic carbocycles. The van der Waals surface area contributed by atoms with Crippen molar-refractivity contribution in [3.05, 3.63) is 11.6 Å². The molecule has 0 aromatic rings. The highest BCUT2D eigenvalue weighted by Gasteiger charge is 2.22. The average molecular weight is 200 g/mol. The first-order valence-corrected chi connectivity index (χ1v) is 5.22. The van der Waals surface area contributed by atoms with Gasteiger partial charge in [-0.05, 0) is 31.3 Å². The second-order valence-corrected chi connectivity index (χ2v) is 3.66. The molecule has 0 aromatic carbocycles. The van der Waals surface area contributed by atoms with E-state index in [1.165, 1.54) is 12.8 Å². The van der Waals surface area contributed by atoms with Gasteiger partial charge in [-0.3, -0.25) is 0 Å². The largest absolute Gasteiger partial charge is 0.383 e. The molecular formula is C11H20O3. The standard InChI is InChI=1S/C11H20O3/c1-13-11(14-2)10(12)9-7-5-3-4-6-8-9/h7,10-12H,3-6,8H2,1-2H3. The molecule has 0 aromatic heterocycles. The summed E-state index contributed by atoms with van der Waals surface area (Å²) in [6, 6.07) is 0. The van der Waals surface area contributed by atoms with E-state index < -0.39 is 12.4 Å². The summed E-state index contributed by atoms with van der Waals surface area (Å²) < 4.78 is 10.1. The normalized spacial score (nSPS) is 20.4. The predicted molar refractivity (Wildman–Crippen MR) is 55.0 cm³/mol. The van der Waals surface area contributed by atoms with Gasteiger partial charge in [-0.15, -0.1) is 0 Å². The Balaban J connectivity index is 2.56. The minimum absolute atomic E-state index is 0.528. The van der Waals surface area contributed by atoms with Crippen LogP contribution in [0.15, 0.2) is 11.6 Å². The zero-order valence-electron chi connectivity index (χ0n) is 9.03. The number of hydrogen-bond acceptors (Lipinski definition) is 3. The lowest BCUT2D eigenvalue weighted by Crippen LogP contribution is -2.31. The van der Waals surface area contributed by atoms with E-state index in [1.807, 2.05) is 0 Å². The number of ether oxygens (including phenoxy) is 2. The lowest BCUT2D eigenvalue weighted by Gasteiger charge is -2.22. The molecule has 0 spiro atoms. The summed E-state index contributed by atoms with van der Waals surface area (Å²) >= 11 is 0. The summed E-state index contributed by atoms with van der Waals surface area (Å²) in [6.07, 6.45) is 6.64. The topological polar surface area (TPSA) is 38.7 Å². The summed E-state index contributed by atoms with van der Waals surface area (Å²) in [7, 11) is 3.10. The Morgan fingerprint density at radius 1 is 1.21 bits per heavy atom. The molecular weight excluding hydrogens is 180 g/mol. The van der Waals surface area contributed by atoms with Gasteiger partial charge in [0.15, 0.2) is 6.29 Å². The van der Waals surface area contributed by atoms with Gasteiger partial charge < -0.3 is 14.6 Å². The maximum absolute atomic E-state index is 9.94. The van der Waals surface area contributed by atoms with Gasteiger partial charge in [0.25, 0.3) is 0 Å². The Labute approximate surface area is 85.7 Å². The Kier molecular flexibility index (Phi) is 5.15. The number of allylic oxidation sites excluding steroid dienone is 1. The number of hydrogen-bond donors (Lipinski definition) is 1. The van der Waals surface area contributed by atoms with Crippen molar-refractivity contribution in [2.75, 3.05) is 14.2 Å². The van der Waals surface area contributed by atoms with E-state index in [4.69, 9.17) is 9.47 Å². The fourth-order valence-electron chi connectivity index (χ4n) is 1.84. The van der Waals surface area contributed by atoms with Crippen LogP contribution in [0.1, 0.15) is 32.1 Å². The second-order valence-electron chi connectivity index (χ2n) is 3.66. The van der Waals surface area contributed by atoms with E-state index in [2.05, 4.69) is 6.08 Å². The van der Waals surface area contributed by atoms with Crippen molar-refractivity contribution in [3.8, 4) is 0 Å². The maximum Gasteiger partial charge on any atom is 0.186 e. The Morgan fingerprint density at radius 2 is 1.93 bits per heavy atom. The Morgan fingerprint density at radius 3 is 2.57 bits per heavy atom. The van der Waals surface area contributed by atoms with Crippen molar-refractivity contribution < 1.29 is 14.6 Å². The minimum Gasteiger partial charge on any atom is -0.383 e. The molecule has 0 amide bonds.